The van der Waals surface area contributed by atoms with Crippen LogP contribution in [0.15, 0.2) is 41.3 Å². The highest BCUT2D eigenvalue weighted by Gasteiger charge is 2.24. The van der Waals surface area contributed by atoms with Gasteiger partial charge in [-0.3, -0.25) is 0 Å². The number of nitrogens with one attached hydrogen (secondary N) is 4. The molecule has 0 amide bonds. The van der Waals surface area contributed by atoms with E-state index in [4.69, 9.17) is 10.4 Å². The fourth-order valence-corrected chi connectivity index (χ4v) is 3.23. The molecule has 142 valence electrons. The van der Waals surface area contributed by atoms with Crippen molar-refractivity contribution < 1.29 is 41.7 Å². The van der Waals surface area contributed by atoms with Gasteiger partial charge in [0.25, 0.3) is 0 Å². The molecule has 26 heavy (non-hydrogen) atoms. The molecule has 12 nitrogen and oxygen atoms in total. The first-order chi connectivity index (χ1) is 12.2. The van der Waals surface area contributed by atoms with Crippen LogP contribution in [0.2, 0.25) is 0 Å². The van der Waals surface area contributed by atoms with Gasteiger partial charge in [-0.05, 0) is 5.56 Å². The van der Waals surface area contributed by atoms with Crippen molar-refractivity contribution in [2.75, 3.05) is 0 Å². The summed E-state index contributed by atoms with van der Waals surface area (Å²) in [6, 6.07) is 7.63. The van der Waals surface area contributed by atoms with Crippen LogP contribution in [0.4, 0.5) is 22.7 Å². The van der Waals surface area contributed by atoms with Gasteiger partial charge in [-0.15, -0.1) is 11.8 Å². The minimum absolute atomic E-state index is 0.0719. The summed E-state index contributed by atoms with van der Waals surface area (Å²) >= 11 is 0.916. The SMILES string of the molecule is [O-][NH+](O)c1ccc(CSc2c([NH+]([O-])O)cc([NH+]([O-])O)cc2[NH+]([O-])O)cc1. The van der Waals surface area contributed by atoms with Gasteiger partial charge in [0.05, 0.1) is 12.1 Å². The number of hydrogen-bond acceptors (Lipinski definition) is 9. The van der Waals surface area contributed by atoms with Crippen molar-refractivity contribution in [2.24, 2.45) is 0 Å². The Balaban J connectivity index is 2.34. The number of quaternary nitrogens is 4. The largest absolute Gasteiger partial charge is 0.595 e. The normalized spacial score (nSPS) is 16.2. The average Bonchev–Trinajstić information content (AvgIpc) is 2.59. The van der Waals surface area contributed by atoms with Gasteiger partial charge in [-0.2, -0.15) is 20.9 Å². The van der Waals surface area contributed by atoms with E-state index in [2.05, 4.69) is 0 Å². The molecule has 2 rings (SSSR count). The summed E-state index contributed by atoms with van der Waals surface area (Å²) in [6.45, 7) is 0. The van der Waals surface area contributed by atoms with E-state index in [9.17, 15) is 31.2 Å². The maximum atomic E-state index is 11.4. The van der Waals surface area contributed by atoms with Crippen LogP contribution < -0.4 is 20.9 Å². The molecule has 0 spiro atoms. The minimum Gasteiger partial charge on any atom is -0.595 e. The predicted molar refractivity (Wildman–Crippen MR) is 85.5 cm³/mol. The molecular weight excluding hydrogens is 372 g/mol. The van der Waals surface area contributed by atoms with Crippen molar-refractivity contribution in [1.82, 2.24) is 0 Å². The van der Waals surface area contributed by atoms with E-state index in [1.165, 1.54) is 24.3 Å². The third kappa shape index (κ3) is 4.93. The Morgan fingerprint density at radius 3 is 1.54 bits per heavy atom. The summed E-state index contributed by atoms with van der Waals surface area (Å²) in [7, 11) is 0. The second-order valence-electron chi connectivity index (χ2n) is 5.11. The summed E-state index contributed by atoms with van der Waals surface area (Å²) in [5.41, 5.74) is -0.545. The molecule has 0 aliphatic heterocycles. The first-order valence-corrected chi connectivity index (χ1v) is 8.02. The molecule has 0 fully saturated rings. The monoisotopic (exact) mass is 388 g/mol. The van der Waals surface area contributed by atoms with E-state index < -0.39 is 38.0 Å². The number of benzene rings is 2. The van der Waals surface area contributed by atoms with E-state index in [1.54, 1.807) is 0 Å². The van der Waals surface area contributed by atoms with Gasteiger partial charge in [0.15, 0.2) is 22.7 Å². The van der Waals surface area contributed by atoms with Crippen molar-refractivity contribution in [3.63, 3.8) is 0 Å². The Morgan fingerprint density at radius 2 is 1.15 bits per heavy atom. The standard InChI is InChI=1S/C13H16N4O8S/c18-14(19)9-3-1-8(2-4-9)7-26-13-11(16(22)23)5-10(15(20)21)6-12(13)17(24)25/h1-6,14-18,20,22,24H,7H2. The molecule has 0 radical (unpaired) electrons. The molecule has 0 heterocycles. The second-order valence-corrected chi connectivity index (χ2v) is 6.09. The third-order valence-corrected chi connectivity index (χ3v) is 4.59. The summed E-state index contributed by atoms with van der Waals surface area (Å²) < 4.78 is 0. The zero-order valence-electron chi connectivity index (χ0n) is 13.0. The molecule has 0 saturated heterocycles. The molecule has 0 aromatic heterocycles. The summed E-state index contributed by atoms with van der Waals surface area (Å²) in [4.78, 5) is -0.0719. The fraction of sp³-hybridized carbons (Fsp3) is 0.0769. The van der Waals surface area contributed by atoms with Crippen LogP contribution in [0, 0.1) is 20.8 Å². The first kappa shape index (κ1) is 20.6. The van der Waals surface area contributed by atoms with Crippen LogP contribution >= 0.6 is 11.8 Å². The van der Waals surface area contributed by atoms with Gasteiger partial charge in [0.2, 0.25) is 0 Å². The van der Waals surface area contributed by atoms with Crippen LogP contribution in [0.3, 0.4) is 0 Å². The van der Waals surface area contributed by atoms with E-state index in [0.717, 1.165) is 23.9 Å². The maximum absolute atomic E-state index is 11.4. The van der Waals surface area contributed by atoms with Gasteiger partial charge in [-0.25, -0.2) is 20.8 Å². The van der Waals surface area contributed by atoms with Gasteiger partial charge in [-0.1, -0.05) is 12.1 Å². The van der Waals surface area contributed by atoms with Gasteiger partial charge in [0, 0.05) is 17.9 Å². The van der Waals surface area contributed by atoms with Crippen molar-refractivity contribution >= 4 is 34.5 Å². The highest BCUT2D eigenvalue weighted by atomic mass is 32.2. The van der Waals surface area contributed by atoms with Crippen molar-refractivity contribution in [2.45, 2.75) is 10.6 Å². The first-order valence-electron chi connectivity index (χ1n) is 7.03. The quantitative estimate of drug-likeness (QED) is 0.188. The zero-order chi connectivity index (χ0) is 19.4. The minimum atomic E-state index is -1.45. The smallest absolute Gasteiger partial charge is 0.189 e. The third-order valence-electron chi connectivity index (χ3n) is 3.38. The molecule has 0 aliphatic rings. The van der Waals surface area contributed by atoms with Gasteiger partial charge in [0.1, 0.15) is 4.90 Å². The van der Waals surface area contributed by atoms with Gasteiger partial charge < -0.3 is 20.8 Å². The molecule has 0 saturated carbocycles. The molecule has 2 aromatic rings. The summed E-state index contributed by atoms with van der Waals surface area (Å²) in [6.07, 6.45) is 0. The Kier molecular flexibility index (Phi) is 6.98. The molecule has 0 aliphatic carbocycles. The average molecular weight is 388 g/mol. The van der Waals surface area contributed by atoms with E-state index in [0.29, 0.717) is 5.56 Å². The fourth-order valence-electron chi connectivity index (χ4n) is 2.12. The lowest BCUT2D eigenvalue weighted by molar-refractivity contribution is -1.00. The second kappa shape index (κ2) is 8.80. The van der Waals surface area contributed by atoms with Crippen LogP contribution in [0.25, 0.3) is 0 Å². The molecule has 0 bridgehead atoms. The highest BCUT2D eigenvalue weighted by Crippen LogP contribution is 2.35. The van der Waals surface area contributed by atoms with Crippen LogP contribution in [0.5, 0.6) is 0 Å². The zero-order valence-corrected chi connectivity index (χ0v) is 13.8. The molecule has 2 aromatic carbocycles. The molecule has 4 atom stereocenters. The Labute approximate surface area is 150 Å². The molecular formula is C13H16N4O8S. The Hall–Kier alpha value is -1.69. The van der Waals surface area contributed by atoms with Crippen molar-refractivity contribution in [1.29, 1.82) is 0 Å². The van der Waals surface area contributed by atoms with Gasteiger partial charge >= 0.3 is 0 Å². The number of thioether (sulfide) groups is 1. The van der Waals surface area contributed by atoms with Crippen molar-refractivity contribution in [3.8, 4) is 0 Å². The highest BCUT2D eigenvalue weighted by molar-refractivity contribution is 7.98. The van der Waals surface area contributed by atoms with Crippen LogP contribution in [-0.2, 0) is 5.75 Å². The van der Waals surface area contributed by atoms with Crippen LogP contribution in [0.1, 0.15) is 5.56 Å². The van der Waals surface area contributed by atoms with Crippen LogP contribution in [-0.4, -0.2) is 20.8 Å². The summed E-state index contributed by atoms with van der Waals surface area (Å²) in [5.74, 6) is 0.173. The topological polar surface area (TPSA) is 191 Å². The number of rotatable bonds is 7. The molecule has 13 heteroatoms. The van der Waals surface area contributed by atoms with E-state index >= 15 is 0 Å². The lowest BCUT2D eigenvalue weighted by Gasteiger charge is -2.22. The predicted octanol–water partition coefficient (Wildman–Crippen LogP) is -2.41. The van der Waals surface area contributed by atoms with E-state index in [-0.39, 0.29) is 16.3 Å². The van der Waals surface area contributed by atoms with E-state index in [1.807, 2.05) is 0 Å². The number of hydrogen-bond donors (Lipinski definition) is 8. The van der Waals surface area contributed by atoms with Crippen molar-refractivity contribution in [3.05, 3.63) is 62.8 Å². The lowest BCUT2D eigenvalue weighted by Crippen LogP contribution is -3.02. The Bertz CT molecular complexity index is 712. The molecule has 8 N–H and O–H groups in total. The lowest BCUT2D eigenvalue weighted by atomic mass is 10.2. The molecule has 4 unspecified atom stereocenters. The maximum Gasteiger partial charge on any atom is 0.189 e. The summed E-state index contributed by atoms with van der Waals surface area (Å²) in [5, 5.41) is 75.9. The Morgan fingerprint density at radius 1 is 0.692 bits per heavy atom.